The van der Waals surface area contributed by atoms with Crippen molar-refractivity contribution >= 4 is 0 Å². The predicted molar refractivity (Wildman–Crippen MR) is 230 cm³/mol. The highest BCUT2D eigenvalue weighted by molar-refractivity contribution is 5.13. The molecule has 0 unspecified atom stereocenters. The van der Waals surface area contributed by atoms with Gasteiger partial charge >= 0.3 is 0 Å². The number of aryl methyl sites for hydroxylation is 1. The van der Waals surface area contributed by atoms with Gasteiger partial charge in [-0.2, -0.15) is 0 Å². The molecule has 0 aliphatic heterocycles. The number of quaternary nitrogens is 1. The van der Waals surface area contributed by atoms with Crippen LogP contribution in [0.15, 0.2) is 24.5 Å². The minimum Gasteiger partial charge on any atom is -0.331 e. The summed E-state index contributed by atoms with van der Waals surface area (Å²) in [6, 6.07) is 4.95. The van der Waals surface area contributed by atoms with Gasteiger partial charge in [-0.15, -0.1) is 0 Å². The zero-order valence-corrected chi connectivity index (χ0v) is 36.2. The minimum absolute atomic E-state index is 0.760. The highest BCUT2D eigenvalue weighted by atomic mass is 15.3. The molecule has 0 fully saturated rings. The lowest BCUT2D eigenvalue weighted by Gasteiger charge is -2.23. The van der Waals surface area contributed by atoms with E-state index in [1.807, 2.05) is 0 Å². The van der Waals surface area contributed by atoms with Crippen LogP contribution in [0.3, 0.4) is 0 Å². The van der Waals surface area contributed by atoms with E-state index in [1.165, 1.54) is 238 Å². The zero-order valence-electron chi connectivity index (χ0n) is 36.2. The molecule has 0 N–H and O–H groups in total. The van der Waals surface area contributed by atoms with E-state index in [1.54, 1.807) is 5.56 Å². The predicted octanol–water partition coefficient (Wildman–Crippen LogP) is 15.8. The summed E-state index contributed by atoms with van der Waals surface area (Å²) in [5.74, 6) is 0.760. The largest absolute Gasteiger partial charge is 0.331 e. The van der Waals surface area contributed by atoms with E-state index in [-0.39, 0.29) is 0 Å². The highest BCUT2D eigenvalue weighted by Gasteiger charge is 2.14. The van der Waals surface area contributed by atoms with Crippen LogP contribution < -0.4 is 4.57 Å². The summed E-state index contributed by atoms with van der Waals surface area (Å²) in [5.41, 5.74) is 1.61. The van der Waals surface area contributed by atoms with E-state index in [4.69, 9.17) is 0 Å². The normalized spacial score (nSPS) is 12.0. The summed E-state index contributed by atoms with van der Waals surface area (Å²) in [6.45, 7) is 7.05. The maximum atomic E-state index is 2.48. The minimum atomic E-state index is 0.760. The molecule has 0 spiro atoms. The Hall–Kier alpha value is -0.890. The van der Waals surface area contributed by atoms with Crippen LogP contribution in [-0.2, 0) is 6.54 Å². The first-order chi connectivity index (χ1) is 25.0. The fraction of sp³-hybridized carbons (Fsp3) is 0.898. The molecule has 1 rings (SSSR count). The van der Waals surface area contributed by atoms with Crippen LogP contribution in [0.1, 0.15) is 256 Å². The molecule has 0 saturated carbocycles. The topological polar surface area (TPSA) is 3.88 Å². The average Bonchev–Trinajstić information content (AvgIpc) is 3.12. The summed E-state index contributed by atoms with van der Waals surface area (Å²) >= 11 is 0. The van der Waals surface area contributed by atoms with Gasteiger partial charge in [0.1, 0.15) is 6.54 Å². The smallest absolute Gasteiger partial charge is 0.169 e. The Bertz CT molecular complexity index is 772. The Labute approximate surface area is 323 Å². The summed E-state index contributed by atoms with van der Waals surface area (Å²) in [4.78, 5) is 0. The molecule has 0 aliphatic carbocycles. The lowest BCUT2D eigenvalue weighted by Crippen LogP contribution is -2.37. The molecule has 51 heavy (non-hydrogen) atoms. The number of aromatic nitrogens is 1. The van der Waals surface area contributed by atoms with Gasteiger partial charge in [-0.1, -0.05) is 219 Å². The first kappa shape index (κ1) is 48.1. The summed E-state index contributed by atoms with van der Waals surface area (Å²) in [6.07, 6.45) is 56.7. The van der Waals surface area contributed by atoms with E-state index in [2.05, 4.69) is 64.1 Å². The number of hydrogen-bond acceptors (Lipinski definition) is 0. The van der Waals surface area contributed by atoms with Crippen molar-refractivity contribution in [2.24, 2.45) is 0 Å². The molecule has 0 aromatic carbocycles. The second-order valence-electron chi connectivity index (χ2n) is 18.0. The van der Waals surface area contributed by atoms with Crippen molar-refractivity contribution in [3.63, 3.8) is 0 Å². The number of hydrogen-bond donors (Lipinski definition) is 0. The molecule has 2 heteroatoms. The SMILES string of the molecule is CCCCCCCCCCCCCCCCCCC(CCCCCCCCCCCCCCCCCC)c1cc[n+](CCCC[N+](C)(C)C)cc1. The molecule has 0 aliphatic rings. The van der Waals surface area contributed by atoms with E-state index < -0.39 is 0 Å². The van der Waals surface area contributed by atoms with Gasteiger partial charge in [0, 0.05) is 25.0 Å². The van der Waals surface area contributed by atoms with Gasteiger partial charge in [-0.3, -0.25) is 0 Å². The second kappa shape index (κ2) is 36.1. The van der Waals surface area contributed by atoms with Crippen LogP contribution in [0, 0.1) is 0 Å². The fourth-order valence-corrected chi connectivity index (χ4v) is 8.13. The number of unbranched alkanes of at least 4 members (excludes halogenated alkanes) is 31. The van der Waals surface area contributed by atoms with Gasteiger partial charge in [-0.25, -0.2) is 4.57 Å². The highest BCUT2D eigenvalue weighted by Crippen LogP contribution is 2.28. The van der Waals surface area contributed by atoms with Crippen molar-refractivity contribution in [1.29, 1.82) is 0 Å². The third-order valence-electron chi connectivity index (χ3n) is 11.7. The van der Waals surface area contributed by atoms with Crippen molar-refractivity contribution < 1.29 is 9.05 Å². The van der Waals surface area contributed by atoms with E-state index >= 15 is 0 Å². The van der Waals surface area contributed by atoms with E-state index in [9.17, 15) is 0 Å². The van der Waals surface area contributed by atoms with Crippen molar-refractivity contribution in [3.05, 3.63) is 30.1 Å². The zero-order chi connectivity index (χ0) is 36.9. The molecule has 1 heterocycles. The molecule has 1 aromatic rings. The molecular weight excluding hydrogens is 617 g/mol. The maximum absolute atomic E-state index is 2.48. The molecule has 0 atom stereocenters. The Kier molecular flexibility index (Phi) is 34.1. The molecule has 0 amide bonds. The first-order valence-corrected chi connectivity index (χ1v) is 23.8. The Balaban J connectivity index is 2.24. The van der Waals surface area contributed by atoms with Gasteiger partial charge in [-0.05, 0) is 24.3 Å². The van der Waals surface area contributed by atoms with Crippen LogP contribution >= 0.6 is 0 Å². The van der Waals surface area contributed by atoms with Gasteiger partial charge in [0.15, 0.2) is 12.4 Å². The van der Waals surface area contributed by atoms with Crippen LogP contribution in [0.25, 0.3) is 0 Å². The lowest BCUT2D eigenvalue weighted by molar-refractivity contribution is -0.870. The Morgan fingerprint density at radius 3 is 0.980 bits per heavy atom. The van der Waals surface area contributed by atoms with Gasteiger partial charge < -0.3 is 4.48 Å². The first-order valence-electron chi connectivity index (χ1n) is 23.8. The van der Waals surface area contributed by atoms with E-state index in [0.29, 0.717) is 0 Å². The van der Waals surface area contributed by atoms with Crippen molar-refractivity contribution in [1.82, 2.24) is 0 Å². The molecule has 0 bridgehead atoms. The molecule has 300 valence electrons. The Morgan fingerprint density at radius 1 is 0.392 bits per heavy atom. The number of nitrogens with zero attached hydrogens (tertiary/aromatic N) is 2. The van der Waals surface area contributed by atoms with Gasteiger partial charge in [0.05, 0.1) is 27.7 Å². The van der Waals surface area contributed by atoms with Crippen molar-refractivity contribution in [3.8, 4) is 0 Å². The third kappa shape index (κ3) is 33.4. The lowest BCUT2D eigenvalue weighted by atomic mass is 9.88. The number of pyridine rings is 1. The average molecular weight is 713 g/mol. The van der Waals surface area contributed by atoms with Crippen molar-refractivity contribution in [2.75, 3.05) is 27.7 Å². The number of rotatable bonds is 40. The van der Waals surface area contributed by atoms with E-state index in [0.717, 1.165) is 16.9 Å². The molecule has 1 aromatic heterocycles. The van der Waals surface area contributed by atoms with Crippen LogP contribution in [0.2, 0.25) is 0 Å². The van der Waals surface area contributed by atoms with Gasteiger partial charge in [0.2, 0.25) is 0 Å². The fourth-order valence-electron chi connectivity index (χ4n) is 8.13. The van der Waals surface area contributed by atoms with Crippen LogP contribution in [0.5, 0.6) is 0 Å². The summed E-state index contributed by atoms with van der Waals surface area (Å²) in [5, 5.41) is 0. The van der Waals surface area contributed by atoms with Gasteiger partial charge in [0.25, 0.3) is 0 Å². The monoisotopic (exact) mass is 713 g/mol. The molecule has 0 radical (unpaired) electrons. The summed E-state index contributed by atoms with van der Waals surface area (Å²) in [7, 11) is 6.92. The van der Waals surface area contributed by atoms with Crippen LogP contribution in [-0.4, -0.2) is 32.2 Å². The van der Waals surface area contributed by atoms with Crippen LogP contribution in [0.4, 0.5) is 0 Å². The molecule has 2 nitrogen and oxygen atoms in total. The summed E-state index contributed by atoms with van der Waals surface area (Å²) < 4.78 is 3.50. The molecule has 0 saturated heterocycles. The maximum Gasteiger partial charge on any atom is 0.169 e. The second-order valence-corrected chi connectivity index (χ2v) is 18.0. The molecular formula is C49H96N2+2. The van der Waals surface area contributed by atoms with Crippen molar-refractivity contribution in [2.45, 2.75) is 257 Å². The third-order valence-corrected chi connectivity index (χ3v) is 11.7. The Morgan fingerprint density at radius 2 is 0.686 bits per heavy atom. The standard InChI is InChI=1S/C49H96N2/c1-6-8-10-12-14-16-18-20-22-24-26-28-30-32-34-36-40-48(49-42-45-50(46-43-49)44-38-39-47-51(3,4)5)41-37-35-33-31-29-27-25-23-21-19-17-15-13-11-9-7-2/h42-43,45-46,48H,6-41,44,47H2,1-5H3/q+2. The quantitative estimate of drug-likeness (QED) is 0.0362.